The molecule has 1 aromatic rings. The number of rotatable bonds is 15. The zero-order valence-electron chi connectivity index (χ0n) is 18.9. The van der Waals surface area contributed by atoms with Gasteiger partial charge in [-0.15, -0.1) is 0 Å². The van der Waals surface area contributed by atoms with Gasteiger partial charge in [0.1, 0.15) is 5.75 Å². The van der Waals surface area contributed by atoms with Crippen LogP contribution in [0.4, 0.5) is 0 Å². The molecular formula is C27H46O. The number of unbranched alkanes of at least 4 members (excludes halogenated alkanes) is 6. The molecule has 160 valence electrons. The molecule has 0 heterocycles. The molecule has 2 rings (SSSR count). The minimum atomic E-state index is 0.881. The highest BCUT2D eigenvalue weighted by Gasteiger charge is 2.20. The van der Waals surface area contributed by atoms with Gasteiger partial charge < -0.3 is 4.74 Å². The smallest absolute Gasteiger partial charge is 0.119 e. The molecule has 0 atom stereocenters. The lowest BCUT2D eigenvalue weighted by Gasteiger charge is -2.28. The normalized spacial score (nSPS) is 19.6. The summed E-state index contributed by atoms with van der Waals surface area (Å²) in [4.78, 5) is 0. The first-order chi connectivity index (χ1) is 13.8. The van der Waals surface area contributed by atoms with E-state index in [-0.39, 0.29) is 0 Å². The van der Waals surface area contributed by atoms with E-state index in [1.807, 2.05) is 0 Å². The monoisotopic (exact) mass is 386 g/mol. The summed E-state index contributed by atoms with van der Waals surface area (Å²) in [6, 6.07) is 8.81. The van der Waals surface area contributed by atoms with Crippen molar-refractivity contribution in [3.63, 3.8) is 0 Å². The second kappa shape index (κ2) is 14.9. The zero-order chi connectivity index (χ0) is 19.9. The summed E-state index contributed by atoms with van der Waals surface area (Å²) >= 11 is 0. The lowest BCUT2D eigenvalue weighted by molar-refractivity contribution is 0.228. The summed E-state index contributed by atoms with van der Waals surface area (Å²) in [6.45, 7) is 5.45. The van der Waals surface area contributed by atoms with Crippen molar-refractivity contribution < 1.29 is 4.74 Å². The summed E-state index contributed by atoms with van der Waals surface area (Å²) in [7, 11) is 0. The summed E-state index contributed by atoms with van der Waals surface area (Å²) < 4.78 is 5.98. The SMILES string of the molecule is CCCCCCCC1CCC(CCCOc2ccc(CCCCC)cc2)CC1. The van der Waals surface area contributed by atoms with E-state index in [1.54, 1.807) is 0 Å². The Morgan fingerprint density at radius 2 is 1.25 bits per heavy atom. The molecule has 1 heteroatoms. The van der Waals surface area contributed by atoms with Crippen LogP contribution in [-0.2, 0) is 6.42 Å². The quantitative estimate of drug-likeness (QED) is 0.274. The molecule has 0 aliphatic heterocycles. The number of aryl methyl sites for hydroxylation is 1. The molecular weight excluding hydrogens is 340 g/mol. The van der Waals surface area contributed by atoms with Crippen molar-refractivity contribution in [2.75, 3.05) is 6.61 Å². The van der Waals surface area contributed by atoms with Crippen LogP contribution < -0.4 is 4.74 Å². The van der Waals surface area contributed by atoms with Gasteiger partial charge in [-0.3, -0.25) is 0 Å². The molecule has 1 aliphatic carbocycles. The number of hydrogen-bond acceptors (Lipinski definition) is 1. The first-order valence-corrected chi connectivity index (χ1v) is 12.5. The van der Waals surface area contributed by atoms with Gasteiger partial charge in [0.15, 0.2) is 0 Å². The van der Waals surface area contributed by atoms with E-state index in [0.29, 0.717) is 0 Å². The van der Waals surface area contributed by atoms with E-state index in [9.17, 15) is 0 Å². The lowest BCUT2D eigenvalue weighted by atomic mass is 9.78. The molecule has 0 aromatic heterocycles. The Kier molecular flexibility index (Phi) is 12.4. The second-order valence-corrected chi connectivity index (χ2v) is 9.18. The first kappa shape index (κ1) is 23.3. The Labute approximate surface area is 175 Å². The topological polar surface area (TPSA) is 9.23 Å². The maximum absolute atomic E-state index is 5.98. The number of benzene rings is 1. The van der Waals surface area contributed by atoms with Gasteiger partial charge in [-0.1, -0.05) is 103 Å². The predicted octanol–water partition coefficient (Wildman–Crippen LogP) is 8.75. The second-order valence-electron chi connectivity index (χ2n) is 9.18. The van der Waals surface area contributed by atoms with E-state index in [0.717, 1.165) is 24.2 Å². The maximum Gasteiger partial charge on any atom is 0.119 e. The van der Waals surface area contributed by atoms with Crippen LogP contribution in [0.1, 0.15) is 116 Å². The average Bonchev–Trinajstić information content (AvgIpc) is 2.73. The van der Waals surface area contributed by atoms with Crippen LogP contribution in [0.15, 0.2) is 24.3 Å². The Morgan fingerprint density at radius 3 is 1.89 bits per heavy atom. The highest BCUT2D eigenvalue weighted by Crippen LogP contribution is 2.34. The van der Waals surface area contributed by atoms with Gasteiger partial charge in [0.25, 0.3) is 0 Å². The molecule has 1 aromatic carbocycles. The van der Waals surface area contributed by atoms with Crippen LogP contribution in [0.5, 0.6) is 5.75 Å². The lowest BCUT2D eigenvalue weighted by Crippen LogP contribution is -2.15. The van der Waals surface area contributed by atoms with Crippen LogP contribution in [0.3, 0.4) is 0 Å². The van der Waals surface area contributed by atoms with E-state index in [4.69, 9.17) is 4.74 Å². The fourth-order valence-electron chi connectivity index (χ4n) is 4.74. The number of hydrogen-bond donors (Lipinski definition) is 0. The Morgan fingerprint density at radius 1 is 0.679 bits per heavy atom. The molecule has 0 radical (unpaired) electrons. The van der Waals surface area contributed by atoms with Gasteiger partial charge in [0, 0.05) is 0 Å². The minimum absolute atomic E-state index is 0.881. The van der Waals surface area contributed by atoms with Gasteiger partial charge in [0.2, 0.25) is 0 Å². The fraction of sp³-hybridized carbons (Fsp3) is 0.778. The largest absolute Gasteiger partial charge is 0.494 e. The molecule has 0 bridgehead atoms. The Balaban J connectivity index is 1.49. The summed E-state index contributed by atoms with van der Waals surface area (Å²) in [5.41, 5.74) is 1.45. The zero-order valence-corrected chi connectivity index (χ0v) is 18.9. The highest BCUT2D eigenvalue weighted by atomic mass is 16.5. The van der Waals surface area contributed by atoms with Crippen LogP contribution >= 0.6 is 0 Å². The van der Waals surface area contributed by atoms with Crippen molar-refractivity contribution >= 4 is 0 Å². The van der Waals surface area contributed by atoms with Crippen LogP contribution in [0.25, 0.3) is 0 Å². The third kappa shape index (κ3) is 9.99. The molecule has 1 nitrogen and oxygen atoms in total. The van der Waals surface area contributed by atoms with E-state index >= 15 is 0 Å². The first-order valence-electron chi connectivity index (χ1n) is 12.5. The third-order valence-corrected chi connectivity index (χ3v) is 6.70. The van der Waals surface area contributed by atoms with Crippen LogP contribution in [0.2, 0.25) is 0 Å². The molecule has 0 N–H and O–H groups in total. The Bertz CT molecular complexity index is 470. The number of ether oxygens (including phenoxy) is 1. The van der Waals surface area contributed by atoms with Gasteiger partial charge >= 0.3 is 0 Å². The van der Waals surface area contributed by atoms with Crippen molar-refractivity contribution in [3.05, 3.63) is 29.8 Å². The van der Waals surface area contributed by atoms with E-state index < -0.39 is 0 Å². The van der Waals surface area contributed by atoms with Crippen molar-refractivity contribution in [1.29, 1.82) is 0 Å². The molecule has 1 aliphatic rings. The Hall–Kier alpha value is -0.980. The van der Waals surface area contributed by atoms with Crippen LogP contribution in [-0.4, -0.2) is 6.61 Å². The molecule has 0 unspecified atom stereocenters. The third-order valence-electron chi connectivity index (χ3n) is 6.70. The average molecular weight is 387 g/mol. The van der Waals surface area contributed by atoms with Crippen LogP contribution in [0, 0.1) is 11.8 Å². The van der Waals surface area contributed by atoms with Gasteiger partial charge in [-0.2, -0.15) is 0 Å². The van der Waals surface area contributed by atoms with Crippen molar-refractivity contribution in [1.82, 2.24) is 0 Å². The molecule has 1 saturated carbocycles. The summed E-state index contributed by atoms with van der Waals surface area (Å²) in [6.07, 6.45) is 22.3. The predicted molar refractivity (Wildman–Crippen MR) is 123 cm³/mol. The van der Waals surface area contributed by atoms with Crippen molar-refractivity contribution in [2.24, 2.45) is 11.8 Å². The van der Waals surface area contributed by atoms with Gasteiger partial charge in [0.05, 0.1) is 6.61 Å². The molecule has 0 saturated heterocycles. The molecule has 0 spiro atoms. The van der Waals surface area contributed by atoms with Crippen molar-refractivity contribution in [3.8, 4) is 5.75 Å². The van der Waals surface area contributed by atoms with Gasteiger partial charge in [-0.05, 0) is 55.2 Å². The standard InChI is InChI=1S/C27H46O/c1-3-5-7-8-10-13-24-15-17-26(18-16-24)14-11-23-28-27-21-19-25(20-22-27)12-9-6-4-2/h19-22,24,26H,3-18,23H2,1-2H3. The van der Waals surface area contributed by atoms with Crippen molar-refractivity contribution in [2.45, 2.75) is 117 Å². The van der Waals surface area contributed by atoms with Gasteiger partial charge in [-0.25, -0.2) is 0 Å². The maximum atomic E-state index is 5.98. The fourth-order valence-corrected chi connectivity index (χ4v) is 4.74. The summed E-state index contributed by atoms with van der Waals surface area (Å²) in [5.74, 6) is 3.04. The summed E-state index contributed by atoms with van der Waals surface area (Å²) in [5, 5.41) is 0. The highest BCUT2D eigenvalue weighted by molar-refractivity contribution is 5.27. The molecule has 28 heavy (non-hydrogen) atoms. The van der Waals surface area contributed by atoms with E-state index in [1.165, 1.54) is 108 Å². The van der Waals surface area contributed by atoms with E-state index in [2.05, 4.69) is 38.1 Å². The minimum Gasteiger partial charge on any atom is -0.494 e. The molecule has 1 fully saturated rings. The molecule has 0 amide bonds.